The molecule has 2 rings (SSSR count). The van der Waals surface area contributed by atoms with Crippen molar-refractivity contribution in [2.45, 2.75) is 6.61 Å². The number of halogens is 3. The second-order valence-electron chi connectivity index (χ2n) is 3.42. The lowest BCUT2D eigenvalue weighted by atomic mass is 10.2. The molecule has 0 spiro atoms. The van der Waals surface area contributed by atoms with Gasteiger partial charge in [0.1, 0.15) is 24.0 Å². The van der Waals surface area contributed by atoms with Crippen molar-refractivity contribution in [3.05, 3.63) is 63.2 Å². The molecule has 0 N–H and O–H groups in total. The molecule has 0 fully saturated rings. The van der Waals surface area contributed by atoms with Gasteiger partial charge in [0.25, 0.3) is 0 Å². The maximum absolute atomic E-state index is 13.3. The van der Waals surface area contributed by atoms with E-state index in [9.17, 15) is 8.78 Å². The maximum Gasteiger partial charge on any atom is 0.133 e. The standard InChI is InChI=1S/C13H9F2IO/c14-10-4-3-5-11(15)9(10)8-17-13-7-2-1-6-12(13)16/h1-7H,8H2. The lowest BCUT2D eigenvalue weighted by Crippen LogP contribution is -2.02. The van der Waals surface area contributed by atoms with E-state index in [2.05, 4.69) is 22.6 Å². The van der Waals surface area contributed by atoms with Crippen LogP contribution >= 0.6 is 22.6 Å². The molecule has 1 nitrogen and oxygen atoms in total. The van der Waals surface area contributed by atoms with Crippen LogP contribution in [0.5, 0.6) is 5.75 Å². The lowest BCUT2D eigenvalue weighted by Gasteiger charge is -2.09. The van der Waals surface area contributed by atoms with E-state index in [0.717, 1.165) is 3.57 Å². The zero-order chi connectivity index (χ0) is 12.3. The van der Waals surface area contributed by atoms with Gasteiger partial charge in [0.05, 0.1) is 9.13 Å². The van der Waals surface area contributed by atoms with Gasteiger partial charge in [0.2, 0.25) is 0 Å². The summed E-state index contributed by atoms with van der Waals surface area (Å²) in [7, 11) is 0. The predicted molar refractivity (Wildman–Crippen MR) is 69.8 cm³/mol. The van der Waals surface area contributed by atoms with E-state index in [-0.39, 0.29) is 12.2 Å². The zero-order valence-corrected chi connectivity index (χ0v) is 10.9. The Morgan fingerprint density at radius 1 is 0.941 bits per heavy atom. The number of para-hydroxylation sites is 1. The smallest absolute Gasteiger partial charge is 0.133 e. The molecule has 0 aliphatic carbocycles. The highest BCUT2D eigenvalue weighted by atomic mass is 127. The summed E-state index contributed by atoms with van der Waals surface area (Å²) in [5, 5.41) is 0. The van der Waals surface area contributed by atoms with Gasteiger partial charge in [-0.05, 0) is 46.9 Å². The fourth-order valence-electron chi connectivity index (χ4n) is 1.38. The molecule has 4 heteroatoms. The number of hydrogen-bond acceptors (Lipinski definition) is 1. The van der Waals surface area contributed by atoms with Crippen LogP contribution < -0.4 is 4.74 Å². The summed E-state index contributed by atoms with van der Waals surface area (Å²) in [6.07, 6.45) is 0. The SMILES string of the molecule is Fc1cccc(F)c1COc1ccccc1I. The van der Waals surface area contributed by atoms with Crippen LogP contribution in [0.4, 0.5) is 8.78 Å². The average molecular weight is 346 g/mol. The van der Waals surface area contributed by atoms with Gasteiger partial charge in [-0.2, -0.15) is 0 Å². The van der Waals surface area contributed by atoms with E-state index in [0.29, 0.717) is 5.75 Å². The molecule has 88 valence electrons. The van der Waals surface area contributed by atoms with Crippen molar-refractivity contribution in [1.29, 1.82) is 0 Å². The second-order valence-corrected chi connectivity index (χ2v) is 4.58. The van der Waals surface area contributed by atoms with E-state index in [4.69, 9.17) is 4.74 Å². The fourth-order valence-corrected chi connectivity index (χ4v) is 1.93. The third kappa shape index (κ3) is 2.94. The quantitative estimate of drug-likeness (QED) is 0.759. The Kier molecular flexibility index (Phi) is 3.93. The third-order valence-corrected chi connectivity index (χ3v) is 3.16. The second kappa shape index (κ2) is 5.44. The first-order valence-electron chi connectivity index (χ1n) is 4.98. The molecule has 0 aromatic heterocycles. The van der Waals surface area contributed by atoms with Gasteiger partial charge in [-0.15, -0.1) is 0 Å². The molecular weight excluding hydrogens is 337 g/mol. The topological polar surface area (TPSA) is 9.23 Å². The summed E-state index contributed by atoms with van der Waals surface area (Å²) >= 11 is 2.11. The minimum absolute atomic E-state index is 0.0489. The Labute approximate surface area is 112 Å². The largest absolute Gasteiger partial charge is 0.488 e. The predicted octanol–water partition coefficient (Wildman–Crippen LogP) is 4.15. The highest BCUT2D eigenvalue weighted by Crippen LogP contribution is 2.22. The van der Waals surface area contributed by atoms with E-state index < -0.39 is 11.6 Å². The van der Waals surface area contributed by atoms with Crippen LogP contribution in [0.25, 0.3) is 0 Å². The van der Waals surface area contributed by atoms with Gasteiger partial charge in [-0.3, -0.25) is 0 Å². The summed E-state index contributed by atoms with van der Waals surface area (Å²) in [5.74, 6) is -0.553. The number of ether oxygens (including phenoxy) is 1. The van der Waals surface area contributed by atoms with Gasteiger partial charge in [0, 0.05) is 0 Å². The summed E-state index contributed by atoms with van der Waals surface area (Å²) in [6, 6.07) is 11.1. The van der Waals surface area contributed by atoms with E-state index in [1.807, 2.05) is 18.2 Å². The van der Waals surface area contributed by atoms with Crippen LogP contribution in [0.15, 0.2) is 42.5 Å². The van der Waals surface area contributed by atoms with Gasteiger partial charge in [-0.25, -0.2) is 8.78 Å². The van der Waals surface area contributed by atoms with Crippen molar-refractivity contribution < 1.29 is 13.5 Å². The molecule has 0 aliphatic heterocycles. The van der Waals surface area contributed by atoms with Crippen LogP contribution in [0.1, 0.15) is 5.56 Å². The molecular formula is C13H9F2IO. The summed E-state index contributed by atoms with van der Waals surface area (Å²) in [4.78, 5) is 0. The van der Waals surface area contributed by atoms with E-state index in [1.54, 1.807) is 6.07 Å². The van der Waals surface area contributed by atoms with Gasteiger partial charge in [-0.1, -0.05) is 18.2 Å². The molecule has 0 bridgehead atoms. The van der Waals surface area contributed by atoms with Crippen LogP contribution in [-0.4, -0.2) is 0 Å². The van der Waals surface area contributed by atoms with Crippen LogP contribution in [-0.2, 0) is 6.61 Å². The minimum atomic E-state index is -0.587. The summed E-state index contributed by atoms with van der Waals surface area (Å²) in [6.45, 7) is -0.113. The van der Waals surface area contributed by atoms with Crippen molar-refractivity contribution in [3.63, 3.8) is 0 Å². The molecule has 0 amide bonds. The molecule has 0 saturated heterocycles. The Hall–Kier alpha value is -1.17. The Morgan fingerprint density at radius 3 is 2.24 bits per heavy atom. The Balaban J connectivity index is 2.16. The first-order chi connectivity index (χ1) is 8.18. The van der Waals surface area contributed by atoms with E-state index >= 15 is 0 Å². The molecule has 17 heavy (non-hydrogen) atoms. The number of hydrogen-bond donors (Lipinski definition) is 0. The normalized spacial score (nSPS) is 10.3. The van der Waals surface area contributed by atoms with Crippen molar-refractivity contribution >= 4 is 22.6 Å². The monoisotopic (exact) mass is 346 g/mol. The van der Waals surface area contributed by atoms with Crippen molar-refractivity contribution in [1.82, 2.24) is 0 Å². The highest BCUT2D eigenvalue weighted by molar-refractivity contribution is 14.1. The van der Waals surface area contributed by atoms with Gasteiger partial charge in [0.15, 0.2) is 0 Å². The fraction of sp³-hybridized carbons (Fsp3) is 0.0769. The Bertz CT molecular complexity index is 508. The maximum atomic E-state index is 13.3. The average Bonchev–Trinajstić information content (AvgIpc) is 2.30. The molecule has 0 radical (unpaired) electrons. The third-order valence-electron chi connectivity index (χ3n) is 2.27. The molecule has 0 aliphatic rings. The van der Waals surface area contributed by atoms with Gasteiger partial charge < -0.3 is 4.74 Å². The first-order valence-corrected chi connectivity index (χ1v) is 6.06. The van der Waals surface area contributed by atoms with Crippen LogP contribution in [0.3, 0.4) is 0 Å². The molecule has 2 aromatic carbocycles. The molecule has 0 unspecified atom stereocenters. The van der Waals surface area contributed by atoms with E-state index in [1.165, 1.54) is 18.2 Å². The number of rotatable bonds is 3. The number of benzene rings is 2. The van der Waals surface area contributed by atoms with Crippen molar-refractivity contribution in [2.75, 3.05) is 0 Å². The zero-order valence-electron chi connectivity index (χ0n) is 8.79. The Morgan fingerprint density at radius 2 is 1.59 bits per heavy atom. The lowest BCUT2D eigenvalue weighted by molar-refractivity contribution is 0.290. The highest BCUT2D eigenvalue weighted by Gasteiger charge is 2.09. The van der Waals surface area contributed by atoms with Crippen LogP contribution in [0.2, 0.25) is 0 Å². The first kappa shape index (κ1) is 12.3. The molecule has 0 heterocycles. The molecule has 0 saturated carbocycles. The van der Waals surface area contributed by atoms with Crippen LogP contribution in [0, 0.1) is 15.2 Å². The van der Waals surface area contributed by atoms with Crippen molar-refractivity contribution in [2.24, 2.45) is 0 Å². The minimum Gasteiger partial charge on any atom is -0.488 e. The molecule has 0 atom stereocenters. The summed E-state index contributed by atoms with van der Waals surface area (Å²) < 4.78 is 33.0. The molecule has 2 aromatic rings. The van der Waals surface area contributed by atoms with Crippen molar-refractivity contribution in [3.8, 4) is 5.75 Å². The van der Waals surface area contributed by atoms with Gasteiger partial charge >= 0.3 is 0 Å². The summed E-state index contributed by atoms with van der Waals surface area (Å²) in [5.41, 5.74) is -0.0489.